The molecule has 106 valence electrons. The van der Waals surface area contributed by atoms with Crippen molar-refractivity contribution >= 4 is 41.7 Å². The number of hydrogen-bond acceptors (Lipinski definition) is 4. The van der Waals surface area contributed by atoms with Gasteiger partial charge in [-0.1, -0.05) is 12.1 Å². The Kier molecular flexibility index (Phi) is 8.22. The molecule has 0 saturated carbocycles. The van der Waals surface area contributed by atoms with Gasteiger partial charge in [0.05, 0.1) is 11.4 Å². The summed E-state index contributed by atoms with van der Waals surface area (Å²) in [4.78, 5) is 23.2. The summed E-state index contributed by atoms with van der Waals surface area (Å²) in [6, 6.07) is 7.08. The molecule has 2 amide bonds. The third kappa shape index (κ3) is 7.05. The monoisotopic (exact) mass is 303 g/mol. The summed E-state index contributed by atoms with van der Waals surface area (Å²) in [7, 11) is 0. The quantitative estimate of drug-likeness (QED) is 0.691. The minimum atomic E-state index is -0.392. The number of halogens is 1. The predicted octanol–water partition coefficient (Wildman–Crippen LogP) is 1.36. The van der Waals surface area contributed by atoms with Crippen LogP contribution < -0.4 is 16.8 Å². The first-order valence-corrected chi connectivity index (χ1v) is 6.53. The molecule has 0 saturated heterocycles. The smallest absolute Gasteiger partial charge is 0.227 e. The summed E-state index contributed by atoms with van der Waals surface area (Å²) in [6.07, 6.45) is 0.259. The van der Waals surface area contributed by atoms with Crippen LogP contribution in [0.25, 0.3) is 0 Å². The Morgan fingerprint density at radius 1 is 1.37 bits per heavy atom. The molecule has 0 spiro atoms. The van der Waals surface area contributed by atoms with Crippen molar-refractivity contribution in [1.82, 2.24) is 0 Å². The van der Waals surface area contributed by atoms with Crippen molar-refractivity contribution < 1.29 is 9.59 Å². The first-order valence-electron chi connectivity index (χ1n) is 5.54. The van der Waals surface area contributed by atoms with Gasteiger partial charge >= 0.3 is 0 Å². The van der Waals surface area contributed by atoms with Crippen molar-refractivity contribution in [2.45, 2.75) is 24.3 Å². The molecule has 0 bridgehead atoms. The van der Waals surface area contributed by atoms with Gasteiger partial charge in [0.1, 0.15) is 0 Å². The van der Waals surface area contributed by atoms with Crippen LogP contribution in [0.3, 0.4) is 0 Å². The standard InChI is InChI=1S/C12H17N3O2S.ClH/c1-8(13)6-12(17)15-9-4-2-3-5-10(9)18-7-11(14)16;/h2-5,8H,6-7,13H2,1H3,(H2,14,16)(H,15,17);1H. The minimum Gasteiger partial charge on any atom is -0.369 e. The zero-order valence-corrected chi connectivity index (χ0v) is 12.2. The highest BCUT2D eigenvalue weighted by Crippen LogP contribution is 2.26. The van der Waals surface area contributed by atoms with Crippen molar-refractivity contribution in [3.63, 3.8) is 0 Å². The van der Waals surface area contributed by atoms with Crippen LogP contribution in [0.2, 0.25) is 0 Å². The Hall–Kier alpha value is -1.24. The van der Waals surface area contributed by atoms with Crippen molar-refractivity contribution in [2.75, 3.05) is 11.1 Å². The molecule has 1 aromatic carbocycles. The van der Waals surface area contributed by atoms with Crippen LogP contribution in [-0.2, 0) is 9.59 Å². The van der Waals surface area contributed by atoms with Gasteiger partial charge in [0.2, 0.25) is 11.8 Å². The van der Waals surface area contributed by atoms with Crippen LogP contribution >= 0.6 is 24.2 Å². The van der Waals surface area contributed by atoms with Gasteiger partial charge in [-0.2, -0.15) is 0 Å². The lowest BCUT2D eigenvalue weighted by molar-refractivity contribution is -0.116. The van der Waals surface area contributed by atoms with E-state index in [-0.39, 0.29) is 36.5 Å². The molecule has 0 aliphatic carbocycles. The zero-order valence-electron chi connectivity index (χ0n) is 10.6. The number of thioether (sulfide) groups is 1. The zero-order chi connectivity index (χ0) is 13.5. The summed E-state index contributed by atoms with van der Waals surface area (Å²) >= 11 is 1.30. The van der Waals surface area contributed by atoms with Gasteiger partial charge in [-0.3, -0.25) is 9.59 Å². The molecule has 1 aromatic rings. The lowest BCUT2D eigenvalue weighted by atomic mass is 10.2. The van der Waals surface area contributed by atoms with Gasteiger partial charge in [-0.25, -0.2) is 0 Å². The van der Waals surface area contributed by atoms with Crippen LogP contribution in [0, 0.1) is 0 Å². The van der Waals surface area contributed by atoms with Crippen LogP contribution in [0.4, 0.5) is 5.69 Å². The predicted molar refractivity (Wildman–Crippen MR) is 80.5 cm³/mol. The fraction of sp³-hybridized carbons (Fsp3) is 0.333. The number of rotatable bonds is 6. The number of para-hydroxylation sites is 1. The number of nitrogens with one attached hydrogen (secondary N) is 1. The van der Waals surface area contributed by atoms with E-state index in [4.69, 9.17) is 11.5 Å². The molecule has 0 aliphatic heterocycles. The van der Waals surface area contributed by atoms with Crippen LogP contribution in [0.15, 0.2) is 29.2 Å². The number of benzene rings is 1. The van der Waals surface area contributed by atoms with E-state index in [2.05, 4.69) is 5.32 Å². The third-order valence-electron chi connectivity index (χ3n) is 2.04. The van der Waals surface area contributed by atoms with Gasteiger partial charge in [0.15, 0.2) is 0 Å². The van der Waals surface area contributed by atoms with Crippen LogP contribution in [0.1, 0.15) is 13.3 Å². The molecule has 0 aliphatic rings. The fourth-order valence-corrected chi connectivity index (χ4v) is 2.09. The summed E-state index contributed by atoms with van der Waals surface area (Å²) < 4.78 is 0. The van der Waals surface area contributed by atoms with E-state index in [0.717, 1.165) is 4.90 Å². The van der Waals surface area contributed by atoms with Gasteiger partial charge in [0, 0.05) is 17.4 Å². The third-order valence-corrected chi connectivity index (χ3v) is 3.13. The Morgan fingerprint density at radius 2 is 2.00 bits per heavy atom. The molecule has 1 atom stereocenters. The summed E-state index contributed by atoms with van der Waals surface area (Å²) in [5.41, 5.74) is 11.3. The summed E-state index contributed by atoms with van der Waals surface area (Å²) in [5.74, 6) is -0.353. The van der Waals surface area contributed by atoms with Crippen molar-refractivity contribution in [3.05, 3.63) is 24.3 Å². The van der Waals surface area contributed by atoms with E-state index in [1.165, 1.54) is 11.8 Å². The molecule has 19 heavy (non-hydrogen) atoms. The Morgan fingerprint density at radius 3 is 2.58 bits per heavy atom. The van der Waals surface area contributed by atoms with E-state index in [1.54, 1.807) is 13.0 Å². The molecule has 0 aromatic heterocycles. The molecular formula is C12H18ClN3O2S. The Bertz CT molecular complexity index is 441. The lowest BCUT2D eigenvalue weighted by Gasteiger charge is -2.11. The van der Waals surface area contributed by atoms with Gasteiger partial charge < -0.3 is 16.8 Å². The van der Waals surface area contributed by atoms with E-state index in [1.807, 2.05) is 18.2 Å². The van der Waals surface area contributed by atoms with Crippen molar-refractivity contribution in [2.24, 2.45) is 11.5 Å². The van der Waals surface area contributed by atoms with E-state index in [9.17, 15) is 9.59 Å². The molecule has 5 N–H and O–H groups in total. The number of anilines is 1. The second kappa shape index (κ2) is 8.79. The van der Waals surface area contributed by atoms with Crippen molar-refractivity contribution in [3.8, 4) is 0 Å². The van der Waals surface area contributed by atoms with Gasteiger partial charge in [-0.05, 0) is 19.1 Å². The maximum atomic E-state index is 11.6. The fourth-order valence-electron chi connectivity index (χ4n) is 1.34. The number of primary amides is 1. The van der Waals surface area contributed by atoms with Gasteiger partial charge in [0.25, 0.3) is 0 Å². The van der Waals surface area contributed by atoms with Crippen LogP contribution in [0.5, 0.6) is 0 Å². The lowest BCUT2D eigenvalue weighted by Crippen LogP contribution is -2.24. The second-order valence-electron chi connectivity index (χ2n) is 3.98. The number of carbonyl (C=O) groups is 2. The number of hydrogen-bond donors (Lipinski definition) is 3. The summed E-state index contributed by atoms with van der Waals surface area (Å²) in [5, 5.41) is 2.77. The number of nitrogens with two attached hydrogens (primary N) is 2. The topological polar surface area (TPSA) is 98.2 Å². The minimum absolute atomic E-state index is 0. The highest BCUT2D eigenvalue weighted by Gasteiger charge is 2.09. The first-order chi connectivity index (χ1) is 8.49. The van der Waals surface area contributed by atoms with Gasteiger partial charge in [-0.15, -0.1) is 24.2 Å². The average molecular weight is 304 g/mol. The first kappa shape index (κ1) is 17.8. The highest BCUT2D eigenvalue weighted by atomic mass is 35.5. The molecular weight excluding hydrogens is 286 g/mol. The summed E-state index contributed by atoms with van der Waals surface area (Å²) in [6.45, 7) is 1.77. The Balaban J connectivity index is 0.00000324. The maximum absolute atomic E-state index is 11.6. The molecule has 0 fully saturated rings. The normalized spacial score (nSPS) is 11.3. The SMILES string of the molecule is CC(N)CC(=O)Nc1ccccc1SCC(N)=O.Cl. The number of amides is 2. The second-order valence-corrected chi connectivity index (χ2v) is 5.00. The van der Waals surface area contributed by atoms with Crippen molar-refractivity contribution in [1.29, 1.82) is 0 Å². The molecule has 5 nitrogen and oxygen atoms in total. The van der Waals surface area contributed by atoms with E-state index >= 15 is 0 Å². The average Bonchev–Trinajstić information content (AvgIpc) is 2.26. The maximum Gasteiger partial charge on any atom is 0.227 e. The molecule has 1 unspecified atom stereocenters. The van der Waals surface area contributed by atoms with E-state index < -0.39 is 5.91 Å². The Labute approximate surface area is 122 Å². The largest absolute Gasteiger partial charge is 0.369 e. The molecule has 1 rings (SSSR count). The highest BCUT2D eigenvalue weighted by molar-refractivity contribution is 8.00. The molecule has 0 radical (unpaired) electrons. The van der Waals surface area contributed by atoms with E-state index in [0.29, 0.717) is 5.69 Å². The molecule has 0 heterocycles. The van der Waals surface area contributed by atoms with Crippen LogP contribution in [-0.4, -0.2) is 23.6 Å². The number of carbonyl (C=O) groups excluding carboxylic acids is 2. The molecule has 7 heteroatoms.